The van der Waals surface area contributed by atoms with Gasteiger partial charge in [-0.05, 0) is 36.4 Å². The van der Waals surface area contributed by atoms with E-state index < -0.39 is 0 Å². The maximum Gasteiger partial charge on any atom is 0.253 e. The summed E-state index contributed by atoms with van der Waals surface area (Å²) in [6, 6.07) is 7.63. The third-order valence-corrected chi connectivity index (χ3v) is 5.23. The van der Waals surface area contributed by atoms with Crippen molar-refractivity contribution in [1.29, 1.82) is 0 Å². The second-order valence-corrected chi connectivity index (χ2v) is 7.09. The van der Waals surface area contributed by atoms with Gasteiger partial charge in [0, 0.05) is 41.9 Å². The van der Waals surface area contributed by atoms with Crippen LogP contribution in [0.3, 0.4) is 0 Å². The van der Waals surface area contributed by atoms with Crippen LogP contribution in [0.4, 0.5) is 5.13 Å². The van der Waals surface area contributed by atoms with E-state index in [0.717, 1.165) is 23.7 Å². The summed E-state index contributed by atoms with van der Waals surface area (Å²) in [7, 11) is 0. The van der Waals surface area contributed by atoms with Gasteiger partial charge >= 0.3 is 0 Å². The molecule has 2 N–H and O–H groups in total. The Labute approximate surface area is 148 Å². The molecule has 7 heteroatoms. The Morgan fingerprint density at radius 1 is 1.32 bits per heavy atom. The molecule has 0 saturated carbocycles. The van der Waals surface area contributed by atoms with Gasteiger partial charge in [0.25, 0.3) is 5.91 Å². The summed E-state index contributed by atoms with van der Waals surface area (Å²) in [6.45, 7) is 1.13. The second kappa shape index (κ2) is 6.68. The Morgan fingerprint density at radius 3 is 3.08 bits per heavy atom. The van der Waals surface area contributed by atoms with Gasteiger partial charge in [-0.25, -0.2) is 4.98 Å². The summed E-state index contributed by atoms with van der Waals surface area (Å²) in [5.41, 5.74) is 1.59. The fraction of sp³-hybridized carbons (Fsp3) is 0.278. The highest BCUT2D eigenvalue weighted by atomic mass is 32.1. The quantitative estimate of drug-likeness (QED) is 0.758. The highest BCUT2D eigenvalue weighted by Gasteiger charge is 2.29. The van der Waals surface area contributed by atoms with Crippen molar-refractivity contribution < 1.29 is 9.59 Å². The molecular weight excluding hydrogens is 336 g/mol. The summed E-state index contributed by atoms with van der Waals surface area (Å²) in [5.74, 6) is -0.286. The van der Waals surface area contributed by atoms with Crippen molar-refractivity contribution in [1.82, 2.24) is 14.9 Å². The fourth-order valence-electron chi connectivity index (χ4n) is 3.23. The smallest absolute Gasteiger partial charge is 0.253 e. The van der Waals surface area contributed by atoms with Crippen LogP contribution < -0.4 is 5.32 Å². The number of amides is 2. The van der Waals surface area contributed by atoms with Crippen LogP contribution in [0.1, 0.15) is 23.2 Å². The first kappa shape index (κ1) is 15.8. The van der Waals surface area contributed by atoms with Crippen LogP contribution in [0, 0.1) is 5.92 Å². The molecule has 4 rings (SSSR count). The minimum Gasteiger partial charge on any atom is -0.361 e. The monoisotopic (exact) mass is 354 g/mol. The van der Waals surface area contributed by atoms with E-state index in [1.54, 1.807) is 11.1 Å². The van der Waals surface area contributed by atoms with Crippen molar-refractivity contribution in [3.63, 3.8) is 0 Å². The number of likely N-dealkylation sites (tertiary alicyclic amines) is 1. The first-order chi connectivity index (χ1) is 12.2. The molecule has 0 aliphatic carbocycles. The lowest BCUT2D eigenvalue weighted by molar-refractivity contribution is -0.121. The van der Waals surface area contributed by atoms with Crippen LogP contribution in [0.15, 0.2) is 42.0 Å². The number of nitrogens with zero attached hydrogens (tertiary/aromatic N) is 2. The number of H-pyrrole nitrogens is 1. The summed E-state index contributed by atoms with van der Waals surface area (Å²) in [4.78, 5) is 34.2. The molecule has 25 heavy (non-hydrogen) atoms. The van der Waals surface area contributed by atoms with Gasteiger partial charge in [0.05, 0.1) is 5.92 Å². The van der Waals surface area contributed by atoms with E-state index >= 15 is 0 Å². The molecule has 1 aromatic carbocycles. The van der Waals surface area contributed by atoms with Gasteiger partial charge in [-0.15, -0.1) is 11.3 Å². The van der Waals surface area contributed by atoms with Crippen LogP contribution in [-0.4, -0.2) is 39.8 Å². The summed E-state index contributed by atoms with van der Waals surface area (Å²) in [5, 5.41) is 6.34. The molecule has 1 fully saturated rings. The number of thiazole rings is 1. The number of rotatable bonds is 3. The number of nitrogens with one attached hydrogen (secondary N) is 2. The molecule has 0 unspecified atom stereocenters. The average molecular weight is 354 g/mol. The van der Waals surface area contributed by atoms with Crippen LogP contribution in [0.2, 0.25) is 0 Å². The van der Waals surface area contributed by atoms with E-state index in [1.807, 2.05) is 35.8 Å². The van der Waals surface area contributed by atoms with Crippen molar-refractivity contribution in [2.45, 2.75) is 12.8 Å². The Bertz CT molecular complexity index is 903. The van der Waals surface area contributed by atoms with Crippen LogP contribution in [0.25, 0.3) is 10.9 Å². The maximum absolute atomic E-state index is 12.8. The largest absolute Gasteiger partial charge is 0.361 e. The van der Waals surface area contributed by atoms with E-state index in [4.69, 9.17) is 0 Å². The summed E-state index contributed by atoms with van der Waals surface area (Å²) >= 11 is 1.39. The molecule has 2 amide bonds. The number of hydrogen-bond donors (Lipinski definition) is 2. The zero-order valence-corrected chi connectivity index (χ0v) is 14.4. The second-order valence-electron chi connectivity index (χ2n) is 6.20. The van der Waals surface area contributed by atoms with Crippen LogP contribution in [0.5, 0.6) is 0 Å². The number of carbonyl (C=O) groups excluding carboxylic acids is 2. The fourth-order valence-corrected chi connectivity index (χ4v) is 3.76. The highest BCUT2D eigenvalue weighted by molar-refractivity contribution is 7.13. The Kier molecular flexibility index (Phi) is 4.23. The lowest BCUT2D eigenvalue weighted by Gasteiger charge is -2.32. The maximum atomic E-state index is 12.8. The summed E-state index contributed by atoms with van der Waals surface area (Å²) < 4.78 is 0. The molecule has 1 atom stereocenters. The van der Waals surface area contributed by atoms with E-state index in [-0.39, 0.29) is 17.7 Å². The van der Waals surface area contributed by atoms with Crippen molar-refractivity contribution in [3.8, 4) is 0 Å². The van der Waals surface area contributed by atoms with Crippen LogP contribution in [-0.2, 0) is 4.79 Å². The van der Waals surface area contributed by atoms with Gasteiger partial charge in [-0.1, -0.05) is 6.07 Å². The molecule has 0 radical (unpaired) electrons. The molecule has 2 aromatic heterocycles. The van der Waals surface area contributed by atoms with Crippen molar-refractivity contribution >= 4 is 39.2 Å². The van der Waals surface area contributed by atoms with Gasteiger partial charge in [-0.3, -0.25) is 9.59 Å². The zero-order valence-electron chi connectivity index (χ0n) is 13.6. The van der Waals surface area contributed by atoms with E-state index in [2.05, 4.69) is 15.3 Å². The number of hydrogen-bond acceptors (Lipinski definition) is 4. The molecule has 1 aliphatic rings. The number of aromatic amines is 1. The average Bonchev–Trinajstić information content (AvgIpc) is 3.32. The molecule has 128 valence electrons. The van der Waals surface area contributed by atoms with Crippen molar-refractivity contribution in [2.24, 2.45) is 5.92 Å². The zero-order chi connectivity index (χ0) is 17.2. The predicted octanol–water partition coefficient (Wildman–Crippen LogP) is 3.12. The van der Waals surface area contributed by atoms with Crippen molar-refractivity contribution in [2.75, 3.05) is 18.4 Å². The lowest BCUT2D eigenvalue weighted by Crippen LogP contribution is -2.43. The minimum absolute atomic E-state index is 0.0248. The molecule has 3 heterocycles. The number of piperidine rings is 1. The summed E-state index contributed by atoms with van der Waals surface area (Å²) in [6.07, 6.45) is 5.13. The highest BCUT2D eigenvalue weighted by Crippen LogP contribution is 2.22. The van der Waals surface area contributed by atoms with E-state index in [0.29, 0.717) is 23.8 Å². The number of anilines is 1. The van der Waals surface area contributed by atoms with Crippen LogP contribution >= 0.6 is 11.3 Å². The Morgan fingerprint density at radius 2 is 2.24 bits per heavy atom. The van der Waals surface area contributed by atoms with Gasteiger partial charge in [-0.2, -0.15) is 0 Å². The van der Waals surface area contributed by atoms with E-state index in [1.165, 1.54) is 11.3 Å². The molecule has 1 saturated heterocycles. The molecular formula is C18H18N4O2S. The third kappa shape index (κ3) is 3.28. The van der Waals surface area contributed by atoms with Gasteiger partial charge < -0.3 is 15.2 Å². The first-order valence-electron chi connectivity index (χ1n) is 8.27. The predicted molar refractivity (Wildman–Crippen MR) is 97.7 cm³/mol. The minimum atomic E-state index is -0.198. The lowest BCUT2D eigenvalue weighted by atomic mass is 9.96. The van der Waals surface area contributed by atoms with Crippen molar-refractivity contribution in [3.05, 3.63) is 47.6 Å². The third-order valence-electron chi connectivity index (χ3n) is 4.54. The standard InChI is InChI=1S/C18H18N4O2S/c23-16(21-18-20-7-9-25-18)14-2-1-8-22(11-14)17(24)13-4-3-12-5-6-19-15(12)10-13/h3-7,9-10,14,19H,1-2,8,11H2,(H,20,21,23)/t14-/m1/s1. The molecule has 3 aromatic rings. The number of benzene rings is 1. The molecule has 6 nitrogen and oxygen atoms in total. The molecule has 1 aliphatic heterocycles. The Hall–Kier alpha value is -2.67. The van der Waals surface area contributed by atoms with Gasteiger partial charge in [0.1, 0.15) is 0 Å². The van der Waals surface area contributed by atoms with Gasteiger partial charge in [0.15, 0.2) is 5.13 Å². The van der Waals surface area contributed by atoms with Gasteiger partial charge in [0.2, 0.25) is 5.91 Å². The van der Waals surface area contributed by atoms with E-state index in [9.17, 15) is 9.59 Å². The number of carbonyl (C=O) groups is 2. The Balaban J connectivity index is 1.46. The number of fused-ring (bicyclic) bond motifs is 1. The number of aromatic nitrogens is 2. The normalized spacial score (nSPS) is 17.6. The molecule has 0 bridgehead atoms. The SMILES string of the molecule is O=C(Nc1nccs1)[C@@H]1CCCN(C(=O)c2ccc3cc[nH]c3c2)C1. The molecule has 0 spiro atoms. The first-order valence-corrected chi connectivity index (χ1v) is 9.15. The topological polar surface area (TPSA) is 78.1 Å².